The lowest BCUT2D eigenvalue weighted by Crippen LogP contribution is -2.82. The largest absolute Gasteiger partial charge is 0.462 e. The molecule has 112 heavy (non-hydrogen) atoms. The first kappa shape index (κ1) is 94.0. The van der Waals surface area contributed by atoms with Crippen molar-refractivity contribution in [1.29, 1.82) is 0 Å². The number of ether oxygens (including phenoxy) is 6. The van der Waals surface area contributed by atoms with Crippen LogP contribution in [-0.4, -0.2) is 177 Å². The Bertz CT molecular complexity index is 2450. The third-order valence-electron chi connectivity index (χ3n) is 25.5. The molecule has 7 heterocycles. The van der Waals surface area contributed by atoms with Crippen molar-refractivity contribution in [2.45, 2.75) is 461 Å². The lowest BCUT2D eigenvalue weighted by Gasteiger charge is -2.52. The Morgan fingerprint density at radius 3 is 0.482 bits per heavy atom. The van der Waals surface area contributed by atoms with Crippen molar-refractivity contribution in [3.05, 3.63) is 0 Å². The molecule has 7 fully saturated rings. The minimum Gasteiger partial charge on any atom is -0.462 e. The molecule has 0 aromatic heterocycles. The summed E-state index contributed by atoms with van der Waals surface area (Å²) >= 11 is 0. The second kappa shape index (κ2) is 54.0. The van der Waals surface area contributed by atoms with E-state index in [1.54, 1.807) is 0 Å². The molecule has 0 saturated carbocycles. The zero-order valence-electron chi connectivity index (χ0n) is 71.6. The molecule has 22 heteroatoms. The average molecular weight is 1580 g/mol. The first-order chi connectivity index (χ1) is 55.0. The minimum atomic E-state index is -2.81. The Kier molecular flexibility index (Phi) is 45.3. The van der Waals surface area contributed by atoms with Gasteiger partial charge in [-0.15, -0.1) is 0 Å². The summed E-state index contributed by atoms with van der Waals surface area (Å²) in [5, 5.41) is 0. The molecule has 7 aliphatic rings. The van der Waals surface area contributed by atoms with Crippen LogP contribution < -0.4 is 0 Å². The number of carbonyl (C=O) groups excluding carboxylic acids is 8. The fraction of sp³-hybridized carbons (Fsp3) is 0.911. The quantitative estimate of drug-likeness (QED) is 0.0314. The van der Waals surface area contributed by atoms with Crippen LogP contribution in [-0.2, 0) is 47.6 Å². The van der Waals surface area contributed by atoms with Crippen LogP contribution in [0, 0.1) is 0 Å². The fourth-order valence-electron chi connectivity index (χ4n) is 18.9. The van der Waals surface area contributed by atoms with Crippen molar-refractivity contribution in [3.8, 4) is 0 Å². The normalized spacial score (nSPS) is 20.9. The second-order valence-corrected chi connectivity index (χ2v) is 34.2. The van der Waals surface area contributed by atoms with Gasteiger partial charge in [-0.25, -0.2) is 38.4 Å². The van der Waals surface area contributed by atoms with Crippen LogP contribution in [0.15, 0.2) is 0 Å². The molecule has 7 saturated heterocycles. The predicted molar refractivity (Wildman–Crippen MR) is 441 cm³/mol. The van der Waals surface area contributed by atoms with E-state index in [1.165, 1.54) is 257 Å². The number of urea groups is 4. The summed E-state index contributed by atoms with van der Waals surface area (Å²) in [6.45, 7) is 4.03. The molecule has 0 aromatic carbocycles. The van der Waals surface area contributed by atoms with Crippen molar-refractivity contribution in [1.82, 2.24) is 39.2 Å². The maximum Gasteiger partial charge on any atom is 0.359 e. The van der Waals surface area contributed by atoms with E-state index in [4.69, 9.17) is 28.4 Å². The highest BCUT2D eigenvalue weighted by Gasteiger charge is 2.94. The van der Waals surface area contributed by atoms with Crippen molar-refractivity contribution >= 4 is 48.0 Å². The minimum absolute atomic E-state index is 0.105. The van der Waals surface area contributed by atoms with Crippen LogP contribution >= 0.6 is 0 Å². The number of esters is 4. The van der Waals surface area contributed by atoms with E-state index >= 15 is 38.4 Å². The van der Waals surface area contributed by atoms with Crippen LogP contribution in [0.3, 0.4) is 0 Å². The molecule has 0 aromatic rings. The Hall–Kier alpha value is -5.12. The summed E-state index contributed by atoms with van der Waals surface area (Å²) in [7, 11) is 0. The molecule has 0 aliphatic carbocycles. The number of amides is 8. The third kappa shape index (κ3) is 25.0. The van der Waals surface area contributed by atoms with Gasteiger partial charge in [0.15, 0.2) is 0 Å². The highest BCUT2D eigenvalue weighted by atomic mass is 16.6. The van der Waals surface area contributed by atoms with Crippen LogP contribution in [0.2, 0.25) is 0 Å². The van der Waals surface area contributed by atoms with Gasteiger partial charge < -0.3 is 28.4 Å². The lowest BCUT2D eigenvalue weighted by molar-refractivity contribution is -0.226. The first-order valence-electron chi connectivity index (χ1n) is 47.2. The van der Waals surface area contributed by atoms with E-state index in [1.807, 2.05) is 0 Å². The zero-order chi connectivity index (χ0) is 79.8. The SMILES string of the molecule is CCCCCCCCCCCCCCCCCCOC(=O)C12N3COCN1C(=O)N1CN4C(=O)N5COCN6C(=O)N(CN(C3=O)C12C(=O)OCCCCCCCCCCCCCCCCCC)C4(C(=O)OCCCCCCCCCCCCCCCCCC)C65C(=O)OCCCCCCCCCCCCCCCCCC. The van der Waals surface area contributed by atoms with E-state index < -0.39 is 111 Å². The zero-order valence-corrected chi connectivity index (χ0v) is 71.6. The molecule has 22 nitrogen and oxygen atoms in total. The molecule has 8 amide bonds. The average Bonchev–Trinajstić information content (AvgIpc) is 1.46. The summed E-state index contributed by atoms with van der Waals surface area (Å²) in [6, 6.07) is -4.11. The van der Waals surface area contributed by atoms with E-state index in [2.05, 4.69) is 27.7 Å². The van der Waals surface area contributed by atoms with Crippen LogP contribution in [0.25, 0.3) is 0 Å². The van der Waals surface area contributed by atoms with Gasteiger partial charge in [0.1, 0.15) is 40.3 Å². The molecule has 0 radical (unpaired) electrons. The number of rotatable bonds is 72. The van der Waals surface area contributed by atoms with E-state index in [-0.39, 0.29) is 26.4 Å². The Balaban J connectivity index is 1.08. The van der Waals surface area contributed by atoms with Gasteiger partial charge in [0.2, 0.25) is 0 Å². The van der Waals surface area contributed by atoms with Crippen LogP contribution in [0.5, 0.6) is 0 Å². The lowest BCUT2D eigenvalue weighted by atomic mass is 9.88. The summed E-state index contributed by atoms with van der Waals surface area (Å²) in [6.07, 6.45) is 73.0. The Labute approximate surface area is 678 Å². The molecule has 7 aliphatic heterocycles. The second-order valence-electron chi connectivity index (χ2n) is 34.2. The molecule has 0 atom stereocenters. The van der Waals surface area contributed by atoms with Gasteiger partial charge in [-0.3, -0.25) is 39.2 Å². The van der Waals surface area contributed by atoms with Gasteiger partial charge >= 0.3 is 48.0 Å². The van der Waals surface area contributed by atoms with Gasteiger partial charge in [-0.05, 0) is 25.7 Å². The Morgan fingerprint density at radius 1 is 0.214 bits per heavy atom. The van der Waals surface area contributed by atoms with Crippen molar-refractivity contribution in [2.75, 3.05) is 66.7 Å². The van der Waals surface area contributed by atoms with E-state index in [0.29, 0.717) is 38.5 Å². The first-order valence-corrected chi connectivity index (χ1v) is 47.2. The van der Waals surface area contributed by atoms with Crippen molar-refractivity contribution < 1.29 is 66.8 Å². The van der Waals surface area contributed by atoms with Crippen molar-refractivity contribution in [2.24, 2.45) is 0 Å². The molecule has 644 valence electrons. The van der Waals surface area contributed by atoms with Gasteiger partial charge in [0.25, 0.3) is 22.7 Å². The number of hydrogen-bond donors (Lipinski definition) is 0. The third-order valence-corrected chi connectivity index (χ3v) is 25.5. The molecule has 0 spiro atoms. The summed E-state index contributed by atoms with van der Waals surface area (Å²) in [4.78, 5) is 136. The standard InChI is InChI=1S/C90H160N8O14/c1-5-9-13-17-21-25-29-33-37-41-45-49-53-57-61-65-69-109-79(99)87-89(81(101)111-71-67-63-59-55-51-47-43-39-35-31-27-23-19-15-11-7-3)95-75-107-76-96(89)84(104)92(87)74-94-86(106)98-78-108-77-97-85(105)93(73-91(87)83(95)103)88(94,80(100)110-70-66-62-58-54-50-46-42-38-34-30-26-22-18-14-10-6-2)90(97,98)82(102)112-72-68-64-60-56-52-48-44-40-36-32-28-24-20-16-12-8-4/h5-78H2,1-4H3. The van der Waals surface area contributed by atoms with Gasteiger partial charge in [-0.1, -0.05) is 413 Å². The van der Waals surface area contributed by atoms with Gasteiger partial charge in [-0.2, -0.15) is 0 Å². The maximum atomic E-state index is 16.2. The number of hydrogen-bond acceptors (Lipinski definition) is 14. The van der Waals surface area contributed by atoms with E-state index in [0.717, 1.165) is 155 Å². The Morgan fingerprint density at radius 2 is 0.339 bits per heavy atom. The predicted octanol–water partition coefficient (Wildman–Crippen LogP) is 22.8. The molecule has 0 bridgehead atoms. The molecule has 0 N–H and O–H groups in total. The number of carbonyl (C=O) groups is 8. The van der Waals surface area contributed by atoms with E-state index in [9.17, 15) is 0 Å². The summed E-state index contributed by atoms with van der Waals surface area (Å²) in [5.74, 6) is -4.55. The van der Waals surface area contributed by atoms with Gasteiger partial charge in [0, 0.05) is 0 Å². The molecular formula is C90H160N8O14. The maximum absolute atomic E-state index is 16.2. The highest BCUT2D eigenvalue weighted by Crippen LogP contribution is 2.61. The van der Waals surface area contributed by atoms with Crippen LogP contribution in [0.1, 0.15) is 439 Å². The monoisotopic (exact) mass is 1580 g/mol. The number of unbranched alkanes of at least 4 members (excludes halogenated alkanes) is 60. The van der Waals surface area contributed by atoms with Crippen LogP contribution in [0.4, 0.5) is 19.2 Å². The topological polar surface area (TPSA) is 218 Å². The van der Waals surface area contributed by atoms with Gasteiger partial charge in [0.05, 0.1) is 26.4 Å². The van der Waals surface area contributed by atoms with Crippen molar-refractivity contribution in [3.63, 3.8) is 0 Å². The number of nitrogens with zero attached hydrogens (tertiary/aromatic N) is 8. The molecule has 7 rings (SSSR count). The molecule has 0 unspecified atom stereocenters. The summed E-state index contributed by atoms with van der Waals surface area (Å²) in [5.41, 5.74) is -10.9. The summed E-state index contributed by atoms with van der Waals surface area (Å²) < 4.78 is 37.1. The highest BCUT2D eigenvalue weighted by molar-refractivity contribution is 6.12. The fourth-order valence-corrected chi connectivity index (χ4v) is 18.9. The smallest absolute Gasteiger partial charge is 0.359 e. The molecular weight excluding hydrogens is 1420 g/mol.